The van der Waals surface area contributed by atoms with Crippen molar-refractivity contribution in [2.45, 2.75) is 6.54 Å². The number of ether oxygens (including phenoxy) is 1. The fourth-order valence-electron chi connectivity index (χ4n) is 2.33. The number of esters is 1. The molecule has 116 valence electrons. The smallest absolute Gasteiger partial charge is 0.339 e. The van der Waals surface area contributed by atoms with E-state index in [4.69, 9.17) is 4.74 Å². The lowest BCUT2D eigenvalue weighted by atomic mass is 10.1. The molecule has 3 rings (SSSR count). The van der Waals surface area contributed by atoms with Gasteiger partial charge in [0.2, 0.25) is 0 Å². The summed E-state index contributed by atoms with van der Waals surface area (Å²) >= 11 is 1.56. The minimum absolute atomic E-state index is 0.312. The molecule has 0 aliphatic carbocycles. The molecule has 0 unspecified atom stereocenters. The van der Waals surface area contributed by atoms with Gasteiger partial charge >= 0.3 is 5.97 Å². The Morgan fingerprint density at radius 3 is 2.35 bits per heavy atom. The summed E-state index contributed by atoms with van der Waals surface area (Å²) in [5.41, 5.74) is 2.81. The van der Waals surface area contributed by atoms with Gasteiger partial charge in [-0.05, 0) is 17.2 Å². The van der Waals surface area contributed by atoms with Gasteiger partial charge < -0.3 is 10.1 Å². The SMILES string of the molecule is COC(=O)c1cc(NCc2ccccc2)sc1-c1ccccc1. The number of carbonyl (C=O) groups is 1. The lowest BCUT2D eigenvalue weighted by Crippen LogP contribution is -2.01. The summed E-state index contributed by atoms with van der Waals surface area (Å²) < 4.78 is 4.91. The lowest BCUT2D eigenvalue weighted by molar-refractivity contribution is 0.0602. The Balaban J connectivity index is 1.87. The molecule has 0 atom stereocenters. The predicted octanol–water partition coefficient (Wildman–Crippen LogP) is 4.81. The topological polar surface area (TPSA) is 38.3 Å². The quantitative estimate of drug-likeness (QED) is 0.685. The van der Waals surface area contributed by atoms with Crippen LogP contribution in [-0.2, 0) is 11.3 Å². The Morgan fingerprint density at radius 1 is 1.04 bits per heavy atom. The summed E-state index contributed by atoms with van der Waals surface area (Å²) in [6.45, 7) is 0.718. The summed E-state index contributed by atoms with van der Waals surface area (Å²) in [7, 11) is 1.41. The number of carbonyl (C=O) groups excluding carboxylic acids is 1. The molecule has 3 nitrogen and oxygen atoms in total. The molecule has 0 fully saturated rings. The molecule has 1 aromatic heterocycles. The highest BCUT2D eigenvalue weighted by Gasteiger charge is 2.17. The van der Waals surface area contributed by atoms with Crippen LogP contribution < -0.4 is 5.32 Å². The third-order valence-corrected chi connectivity index (χ3v) is 4.62. The average molecular weight is 323 g/mol. The highest BCUT2D eigenvalue weighted by atomic mass is 32.1. The number of benzene rings is 2. The molecule has 0 spiro atoms. The number of anilines is 1. The second-order valence-electron chi connectivity index (χ2n) is 5.05. The molecule has 0 radical (unpaired) electrons. The maximum atomic E-state index is 12.1. The van der Waals surface area contributed by atoms with Gasteiger partial charge in [-0.3, -0.25) is 0 Å². The Hall–Kier alpha value is -2.59. The molecule has 1 heterocycles. The maximum Gasteiger partial charge on any atom is 0.339 e. The Labute approximate surface area is 139 Å². The normalized spacial score (nSPS) is 10.3. The second-order valence-corrected chi connectivity index (χ2v) is 6.10. The summed E-state index contributed by atoms with van der Waals surface area (Å²) in [6, 6.07) is 21.9. The largest absolute Gasteiger partial charge is 0.465 e. The van der Waals surface area contributed by atoms with Crippen LogP contribution in [0, 0.1) is 0 Å². The summed E-state index contributed by atoms with van der Waals surface area (Å²) in [4.78, 5) is 13.0. The van der Waals surface area contributed by atoms with Crippen LogP contribution in [0.25, 0.3) is 10.4 Å². The van der Waals surface area contributed by atoms with Crippen molar-refractivity contribution in [3.8, 4) is 10.4 Å². The van der Waals surface area contributed by atoms with Crippen LogP contribution in [0.15, 0.2) is 66.7 Å². The molecule has 0 saturated carbocycles. The van der Waals surface area contributed by atoms with Crippen LogP contribution in [0.2, 0.25) is 0 Å². The highest BCUT2D eigenvalue weighted by Crippen LogP contribution is 2.36. The van der Waals surface area contributed by atoms with Gasteiger partial charge in [0.1, 0.15) is 0 Å². The van der Waals surface area contributed by atoms with Crippen molar-refractivity contribution in [1.29, 1.82) is 0 Å². The number of thiophene rings is 1. The first-order valence-corrected chi connectivity index (χ1v) is 8.15. The van der Waals surface area contributed by atoms with Crippen LogP contribution in [-0.4, -0.2) is 13.1 Å². The zero-order valence-corrected chi connectivity index (χ0v) is 13.6. The number of hydrogen-bond acceptors (Lipinski definition) is 4. The molecule has 2 aromatic carbocycles. The molecule has 0 amide bonds. The average Bonchev–Trinajstić information content (AvgIpc) is 3.05. The highest BCUT2D eigenvalue weighted by molar-refractivity contribution is 7.19. The van der Waals surface area contributed by atoms with Gasteiger partial charge in [-0.2, -0.15) is 0 Å². The van der Waals surface area contributed by atoms with Crippen LogP contribution in [0.1, 0.15) is 15.9 Å². The van der Waals surface area contributed by atoms with Gasteiger partial charge in [-0.15, -0.1) is 11.3 Å². The van der Waals surface area contributed by atoms with Crippen molar-refractivity contribution in [1.82, 2.24) is 0 Å². The number of hydrogen-bond donors (Lipinski definition) is 1. The Kier molecular flexibility index (Phi) is 4.74. The first kappa shape index (κ1) is 15.3. The van der Waals surface area contributed by atoms with Crippen LogP contribution in [0.5, 0.6) is 0 Å². The molecule has 3 aromatic rings. The van der Waals surface area contributed by atoms with Gasteiger partial charge in [0, 0.05) is 6.54 Å². The van der Waals surface area contributed by atoms with Crippen LogP contribution >= 0.6 is 11.3 Å². The third-order valence-electron chi connectivity index (χ3n) is 3.48. The first-order valence-electron chi connectivity index (χ1n) is 7.33. The summed E-state index contributed by atoms with van der Waals surface area (Å²) in [5, 5.41) is 4.33. The Bertz CT molecular complexity index is 782. The molecule has 0 aliphatic heterocycles. The number of methoxy groups -OCH3 is 1. The van der Waals surface area contributed by atoms with Gasteiger partial charge in [0.25, 0.3) is 0 Å². The maximum absolute atomic E-state index is 12.1. The fraction of sp³-hybridized carbons (Fsp3) is 0.105. The van der Waals surface area contributed by atoms with Crippen molar-refractivity contribution in [2.75, 3.05) is 12.4 Å². The fourth-order valence-corrected chi connectivity index (χ4v) is 3.38. The number of nitrogens with one attached hydrogen (secondary N) is 1. The van der Waals surface area contributed by atoms with E-state index in [1.165, 1.54) is 12.7 Å². The van der Waals surface area contributed by atoms with Gasteiger partial charge in [-0.1, -0.05) is 60.7 Å². The van der Waals surface area contributed by atoms with Crippen LogP contribution in [0.3, 0.4) is 0 Å². The van der Waals surface area contributed by atoms with Crippen molar-refractivity contribution in [2.24, 2.45) is 0 Å². The van der Waals surface area contributed by atoms with E-state index in [9.17, 15) is 4.79 Å². The van der Waals surface area contributed by atoms with E-state index in [-0.39, 0.29) is 5.97 Å². The van der Waals surface area contributed by atoms with Gasteiger partial charge in [0.05, 0.1) is 22.6 Å². The zero-order chi connectivity index (χ0) is 16.1. The summed E-state index contributed by atoms with van der Waals surface area (Å²) in [5.74, 6) is -0.312. The minimum atomic E-state index is -0.312. The van der Waals surface area contributed by atoms with Gasteiger partial charge in [0.15, 0.2) is 0 Å². The first-order chi connectivity index (χ1) is 11.3. The van der Waals surface area contributed by atoms with Crippen molar-refractivity contribution < 1.29 is 9.53 Å². The van der Waals surface area contributed by atoms with E-state index in [0.29, 0.717) is 5.56 Å². The van der Waals surface area contributed by atoms with Crippen molar-refractivity contribution in [3.63, 3.8) is 0 Å². The monoisotopic (exact) mass is 323 g/mol. The molecule has 1 N–H and O–H groups in total. The molecule has 0 aliphatic rings. The molecule has 23 heavy (non-hydrogen) atoms. The molecular formula is C19H17NO2S. The van der Waals surface area contributed by atoms with Crippen molar-refractivity contribution in [3.05, 3.63) is 77.9 Å². The van der Waals surface area contributed by atoms with E-state index in [0.717, 1.165) is 22.0 Å². The van der Waals surface area contributed by atoms with E-state index >= 15 is 0 Å². The third kappa shape index (κ3) is 3.60. The van der Waals surface area contributed by atoms with E-state index in [1.807, 2.05) is 54.6 Å². The van der Waals surface area contributed by atoms with E-state index in [1.54, 1.807) is 11.3 Å². The number of rotatable bonds is 5. The van der Waals surface area contributed by atoms with E-state index in [2.05, 4.69) is 17.4 Å². The summed E-state index contributed by atoms with van der Waals surface area (Å²) in [6.07, 6.45) is 0. The molecular weight excluding hydrogens is 306 g/mol. The van der Waals surface area contributed by atoms with Crippen molar-refractivity contribution >= 4 is 22.3 Å². The molecule has 4 heteroatoms. The zero-order valence-electron chi connectivity index (χ0n) is 12.8. The van der Waals surface area contributed by atoms with E-state index < -0.39 is 0 Å². The lowest BCUT2D eigenvalue weighted by Gasteiger charge is -2.03. The molecule has 0 bridgehead atoms. The standard InChI is InChI=1S/C19H17NO2S/c1-22-19(21)16-12-17(20-13-14-8-4-2-5-9-14)23-18(16)15-10-6-3-7-11-15/h2-12,20H,13H2,1H3. The Morgan fingerprint density at radius 2 is 1.70 bits per heavy atom. The second kappa shape index (κ2) is 7.11. The van der Waals surface area contributed by atoms with Crippen LogP contribution in [0.4, 0.5) is 5.00 Å². The predicted molar refractivity (Wildman–Crippen MR) is 94.9 cm³/mol. The van der Waals surface area contributed by atoms with Gasteiger partial charge in [-0.25, -0.2) is 4.79 Å². The molecule has 0 saturated heterocycles. The minimum Gasteiger partial charge on any atom is -0.465 e.